The van der Waals surface area contributed by atoms with Crippen LogP contribution in [0.25, 0.3) is 0 Å². The molecule has 0 fully saturated rings. The monoisotopic (exact) mass is 497 g/mol. The van der Waals surface area contributed by atoms with Gasteiger partial charge < -0.3 is 24.5 Å². The predicted octanol–water partition coefficient (Wildman–Crippen LogP) is 4.42. The van der Waals surface area contributed by atoms with Crippen molar-refractivity contribution in [1.82, 2.24) is 14.8 Å². The summed E-state index contributed by atoms with van der Waals surface area (Å²) in [5.74, 6) is 2.07. The van der Waals surface area contributed by atoms with Crippen molar-refractivity contribution < 1.29 is 23.1 Å². The number of anilines is 2. The van der Waals surface area contributed by atoms with Crippen molar-refractivity contribution in [1.29, 1.82) is 0 Å². The van der Waals surface area contributed by atoms with E-state index in [4.69, 9.17) is 13.9 Å². The van der Waals surface area contributed by atoms with Gasteiger partial charge in [-0.05, 0) is 48.5 Å². The number of methoxy groups -OCH3 is 2. The fraction of sp³-hybridized carbons (Fsp3) is 0.208. The second-order valence-corrected chi connectivity index (χ2v) is 8.27. The van der Waals surface area contributed by atoms with Crippen LogP contribution in [0.15, 0.2) is 70.4 Å². The van der Waals surface area contributed by atoms with Crippen LogP contribution in [-0.4, -0.2) is 40.6 Å². The molecule has 0 radical (unpaired) electrons. The van der Waals surface area contributed by atoms with E-state index in [-0.39, 0.29) is 17.5 Å². The highest BCUT2D eigenvalue weighted by Crippen LogP contribution is 2.29. The molecule has 0 spiro atoms. The van der Waals surface area contributed by atoms with Crippen molar-refractivity contribution in [3.05, 3.63) is 78.3 Å². The maximum atomic E-state index is 13.2. The van der Waals surface area contributed by atoms with E-state index in [2.05, 4.69) is 20.8 Å². The minimum absolute atomic E-state index is 0.108. The zero-order chi connectivity index (χ0) is 24.6. The Morgan fingerprint density at radius 1 is 1.11 bits per heavy atom. The Labute approximate surface area is 205 Å². The van der Waals surface area contributed by atoms with E-state index in [1.54, 1.807) is 49.8 Å². The number of thioether (sulfide) groups is 1. The fourth-order valence-electron chi connectivity index (χ4n) is 3.24. The minimum atomic E-state index is -0.305. The zero-order valence-corrected chi connectivity index (χ0v) is 20.0. The van der Waals surface area contributed by atoms with E-state index in [1.165, 1.54) is 31.0 Å². The lowest BCUT2D eigenvalue weighted by molar-refractivity contribution is -0.113. The number of furan rings is 1. The molecule has 2 aromatic heterocycles. The van der Waals surface area contributed by atoms with Crippen LogP contribution >= 0.6 is 11.8 Å². The van der Waals surface area contributed by atoms with Crippen molar-refractivity contribution in [2.45, 2.75) is 18.2 Å². The summed E-state index contributed by atoms with van der Waals surface area (Å²) in [6, 6.07) is 14.9. The van der Waals surface area contributed by atoms with Crippen molar-refractivity contribution >= 4 is 29.0 Å². The van der Waals surface area contributed by atoms with Crippen LogP contribution in [0.5, 0.6) is 11.5 Å². The smallest absolute Gasteiger partial charge is 0.234 e. The molecule has 0 unspecified atom stereocenters. The van der Waals surface area contributed by atoms with Gasteiger partial charge in [0.05, 0.1) is 45.0 Å². The Kier molecular flexibility index (Phi) is 7.88. The molecule has 0 bridgehead atoms. The maximum Gasteiger partial charge on any atom is 0.234 e. The average Bonchev–Trinajstić information content (AvgIpc) is 3.53. The van der Waals surface area contributed by atoms with Crippen LogP contribution in [0.2, 0.25) is 0 Å². The molecule has 2 N–H and O–H groups in total. The molecule has 35 heavy (non-hydrogen) atoms. The molecule has 0 saturated carbocycles. The van der Waals surface area contributed by atoms with Gasteiger partial charge in [0.1, 0.15) is 23.1 Å². The largest absolute Gasteiger partial charge is 0.497 e. The van der Waals surface area contributed by atoms with Gasteiger partial charge in [-0.25, -0.2) is 4.39 Å². The molecule has 182 valence electrons. The number of nitrogens with zero attached hydrogens (tertiary/aromatic N) is 3. The number of carbonyl (C=O) groups is 1. The van der Waals surface area contributed by atoms with Gasteiger partial charge in [0.2, 0.25) is 5.91 Å². The summed E-state index contributed by atoms with van der Waals surface area (Å²) in [4.78, 5) is 12.6. The number of benzene rings is 2. The molecule has 11 heteroatoms. The highest BCUT2D eigenvalue weighted by Gasteiger charge is 2.17. The number of halogens is 1. The second-order valence-electron chi connectivity index (χ2n) is 7.33. The van der Waals surface area contributed by atoms with Crippen LogP contribution in [0, 0.1) is 5.82 Å². The lowest BCUT2D eigenvalue weighted by Gasteiger charge is -2.12. The summed E-state index contributed by atoms with van der Waals surface area (Å²) in [5.41, 5.74) is 1.29. The molecular formula is C24H24FN5O4S. The summed E-state index contributed by atoms with van der Waals surface area (Å²) in [6.45, 7) is 0.756. The van der Waals surface area contributed by atoms with E-state index in [0.29, 0.717) is 41.3 Å². The molecule has 0 aliphatic heterocycles. The van der Waals surface area contributed by atoms with E-state index < -0.39 is 0 Å². The number of ether oxygens (including phenoxy) is 2. The first-order valence-electron chi connectivity index (χ1n) is 10.6. The first-order valence-corrected chi connectivity index (χ1v) is 11.6. The molecule has 2 aromatic carbocycles. The van der Waals surface area contributed by atoms with Crippen LogP contribution in [0.3, 0.4) is 0 Å². The van der Waals surface area contributed by atoms with Gasteiger partial charge in [0.15, 0.2) is 11.0 Å². The lowest BCUT2D eigenvalue weighted by Crippen LogP contribution is -2.16. The van der Waals surface area contributed by atoms with Crippen LogP contribution in [-0.2, 0) is 17.9 Å². The molecule has 4 rings (SSSR count). The van der Waals surface area contributed by atoms with E-state index in [9.17, 15) is 9.18 Å². The Hall–Kier alpha value is -3.99. The van der Waals surface area contributed by atoms with Crippen molar-refractivity contribution in [2.24, 2.45) is 0 Å². The molecular weight excluding hydrogens is 473 g/mol. The Bertz CT molecular complexity index is 1260. The summed E-state index contributed by atoms with van der Waals surface area (Å²) in [5, 5.41) is 15.2. The third-order valence-corrected chi connectivity index (χ3v) is 5.96. The summed E-state index contributed by atoms with van der Waals surface area (Å²) in [6.07, 6.45) is 1.60. The normalized spacial score (nSPS) is 10.7. The molecule has 9 nitrogen and oxygen atoms in total. The van der Waals surface area contributed by atoms with Gasteiger partial charge in [-0.2, -0.15) is 0 Å². The Morgan fingerprint density at radius 2 is 1.94 bits per heavy atom. The average molecular weight is 498 g/mol. The molecule has 2 heterocycles. The zero-order valence-electron chi connectivity index (χ0n) is 19.2. The van der Waals surface area contributed by atoms with E-state index in [0.717, 1.165) is 11.4 Å². The molecule has 0 aliphatic carbocycles. The minimum Gasteiger partial charge on any atom is -0.497 e. The molecule has 0 aliphatic rings. The van der Waals surface area contributed by atoms with Crippen LogP contribution < -0.4 is 20.1 Å². The summed E-state index contributed by atoms with van der Waals surface area (Å²) >= 11 is 1.25. The highest BCUT2D eigenvalue weighted by molar-refractivity contribution is 7.99. The lowest BCUT2D eigenvalue weighted by atomic mass is 10.2. The van der Waals surface area contributed by atoms with Crippen molar-refractivity contribution in [3.63, 3.8) is 0 Å². The van der Waals surface area contributed by atoms with Gasteiger partial charge in [-0.15, -0.1) is 10.2 Å². The maximum absolute atomic E-state index is 13.2. The summed E-state index contributed by atoms with van der Waals surface area (Å²) < 4.78 is 31.1. The molecule has 4 aromatic rings. The number of nitrogens with one attached hydrogen (secondary N) is 2. The van der Waals surface area contributed by atoms with Crippen LogP contribution in [0.4, 0.5) is 15.8 Å². The van der Waals surface area contributed by atoms with Gasteiger partial charge in [0.25, 0.3) is 0 Å². The molecule has 0 atom stereocenters. The summed E-state index contributed by atoms with van der Waals surface area (Å²) in [7, 11) is 3.09. The SMILES string of the molecule is COc1ccc(NC(=O)CSc2nnc(CNc3ccc(F)cc3)n2Cc2ccco2)c(OC)c1. The van der Waals surface area contributed by atoms with Crippen molar-refractivity contribution in [2.75, 3.05) is 30.6 Å². The number of aromatic nitrogens is 3. The first-order chi connectivity index (χ1) is 17.1. The van der Waals surface area contributed by atoms with Crippen LogP contribution in [0.1, 0.15) is 11.6 Å². The van der Waals surface area contributed by atoms with Crippen molar-refractivity contribution in [3.8, 4) is 11.5 Å². The topological polar surface area (TPSA) is 103 Å². The van der Waals surface area contributed by atoms with E-state index in [1.807, 2.05) is 10.6 Å². The van der Waals surface area contributed by atoms with E-state index >= 15 is 0 Å². The molecule has 0 saturated heterocycles. The van der Waals surface area contributed by atoms with Gasteiger partial charge in [-0.1, -0.05) is 11.8 Å². The number of hydrogen-bond donors (Lipinski definition) is 2. The number of carbonyl (C=O) groups excluding carboxylic acids is 1. The highest BCUT2D eigenvalue weighted by atomic mass is 32.2. The third-order valence-electron chi connectivity index (χ3n) is 5.00. The Balaban J connectivity index is 1.44. The standard InChI is InChI=1S/C24H24FN5O4S/c1-32-18-9-10-20(21(12-18)33-2)27-23(31)15-35-24-29-28-22(30(24)14-19-4-3-11-34-19)13-26-17-7-5-16(25)6-8-17/h3-12,26H,13-15H2,1-2H3,(H,27,31). The predicted molar refractivity (Wildman–Crippen MR) is 130 cm³/mol. The first kappa shape index (κ1) is 24.1. The van der Waals surface area contributed by atoms with Gasteiger partial charge >= 0.3 is 0 Å². The van der Waals surface area contributed by atoms with Gasteiger partial charge in [-0.3, -0.25) is 9.36 Å². The number of hydrogen-bond acceptors (Lipinski definition) is 8. The molecule has 1 amide bonds. The Morgan fingerprint density at radius 3 is 2.66 bits per heavy atom. The quantitative estimate of drug-likeness (QED) is 0.294. The fourth-order valence-corrected chi connectivity index (χ4v) is 4.00. The third kappa shape index (κ3) is 6.33. The van der Waals surface area contributed by atoms with Gasteiger partial charge in [0, 0.05) is 11.8 Å². The number of rotatable bonds is 11. The number of amides is 1. The second kappa shape index (κ2) is 11.4.